The monoisotopic (exact) mass is 315 g/mol. The number of nitriles is 1. The fraction of sp³-hybridized carbons (Fsp3) is 0.312. The fourth-order valence-corrected chi connectivity index (χ4v) is 2.39. The van der Waals surface area contributed by atoms with Gasteiger partial charge in [0.1, 0.15) is 23.1 Å². The number of aromatic amines is 1. The summed E-state index contributed by atoms with van der Waals surface area (Å²) in [5.74, 6) is 0.633. The second-order valence-electron chi connectivity index (χ2n) is 4.76. The standard InChI is InChI=1S/C16H17N3O2S/c1-4-7-21-13-6-5-10(2)8-11(13)14-12(9-17)15(20)19-16(18-14)22-3/h5-6,8H,4,7H2,1-3H3,(H,18,19,20). The van der Waals surface area contributed by atoms with E-state index < -0.39 is 5.56 Å². The van der Waals surface area contributed by atoms with Crippen molar-refractivity contribution in [2.24, 2.45) is 0 Å². The number of hydrogen-bond donors (Lipinski definition) is 1. The van der Waals surface area contributed by atoms with Gasteiger partial charge in [-0.15, -0.1) is 0 Å². The van der Waals surface area contributed by atoms with Crippen LogP contribution in [0.5, 0.6) is 5.75 Å². The molecule has 0 aliphatic carbocycles. The minimum Gasteiger partial charge on any atom is -0.493 e. The van der Waals surface area contributed by atoms with Gasteiger partial charge in [-0.3, -0.25) is 4.79 Å². The summed E-state index contributed by atoms with van der Waals surface area (Å²) in [5, 5.41) is 9.78. The van der Waals surface area contributed by atoms with Crippen molar-refractivity contribution in [3.8, 4) is 23.1 Å². The van der Waals surface area contributed by atoms with Gasteiger partial charge in [0.15, 0.2) is 5.16 Å². The van der Waals surface area contributed by atoms with Gasteiger partial charge in [0.25, 0.3) is 5.56 Å². The molecule has 22 heavy (non-hydrogen) atoms. The molecule has 2 aromatic rings. The minimum absolute atomic E-state index is 0.00440. The van der Waals surface area contributed by atoms with Crippen LogP contribution in [-0.4, -0.2) is 22.8 Å². The Kier molecular flexibility index (Phi) is 5.23. The lowest BCUT2D eigenvalue weighted by Gasteiger charge is -2.12. The molecule has 6 heteroatoms. The van der Waals surface area contributed by atoms with Crippen LogP contribution in [0.3, 0.4) is 0 Å². The van der Waals surface area contributed by atoms with E-state index in [1.54, 1.807) is 0 Å². The fourth-order valence-electron chi connectivity index (χ4n) is 2.01. The number of nitrogens with one attached hydrogen (secondary N) is 1. The van der Waals surface area contributed by atoms with Crippen LogP contribution >= 0.6 is 11.8 Å². The first-order valence-corrected chi connectivity index (χ1v) is 8.15. The molecule has 0 radical (unpaired) electrons. The van der Waals surface area contributed by atoms with Crippen LogP contribution in [0.15, 0.2) is 28.2 Å². The average molecular weight is 315 g/mol. The highest BCUT2D eigenvalue weighted by molar-refractivity contribution is 7.98. The first kappa shape index (κ1) is 16.1. The predicted octanol–water partition coefficient (Wildman–Crippen LogP) is 3.13. The van der Waals surface area contributed by atoms with E-state index in [0.29, 0.717) is 28.8 Å². The maximum Gasteiger partial charge on any atom is 0.270 e. The Morgan fingerprint density at radius 2 is 2.23 bits per heavy atom. The predicted molar refractivity (Wildman–Crippen MR) is 87.3 cm³/mol. The van der Waals surface area contributed by atoms with Gasteiger partial charge in [-0.2, -0.15) is 5.26 Å². The largest absolute Gasteiger partial charge is 0.493 e. The maximum absolute atomic E-state index is 12.1. The second-order valence-corrected chi connectivity index (χ2v) is 5.55. The highest BCUT2D eigenvalue weighted by Crippen LogP contribution is 2.31. The van der Waals surface area contributed by atoms with Gasteiger partial charge in [-0.1, -0.05) is 30.3 Å². The Balaban J connectivity index is 2.70. The molecule has 0 saturated carbocycles. The topological polar surface area (TPSA) is 78.8 Å². The van der Waals surface area contributed by atoms with Crippen LogP contribution in [0, 0.1) is 18.3 Å². The summed E-state index contributed by atoms with van der Waals surface area (Å²) in [5.41, 5.74) is 1.62. The van der Waals surface area contributed by atoms with E-state index in [-0.39, 0.29) is 5.56 Å². The van der Waals surface area contributed by atoms with Gasteiger partial charge in [0.2, 0.25) is 0 Å². The Hall–Kier alpha value is -2.26. The lowest BCUT2D eigenvalue weighted by atomic mass is 10.0. The van der Waals surface area contributed by atoms with Crippen LogP contribution in [0.2, 0.25) is 0 Å². The third-order valence-electron chi connectivity index (χ3n) is 3.05. The minimum atomic E-state index is -0.431. The number of H-pyrrole nitrogens is 1. The van der Waals surface area contributed by atoms with Crippen LogP contribution in [0.4, 0.5) is 0 Å². The lowest BCUT2D eigenvalue weighted by molar-refractivity contribution is 0.318. The Labute approximate surface area is 133 Å². The first-order chi connectivity index (χ1) is 10.6. The van der Waals surface area contributed by atoms with Crippen molar-refractivity contribution in [1.29, 1.82) is 5.26 Å². The molecule has 0 aliphatic heterocycles. The second kappa shape index (κ2) is 7.14. The maximum atomic E-state index is 12.1. The molecule has 114 valence electrons. The Morgan fingerprint density at radius 3 is 2.86 bits per heavy atom. The number of benzene rings is 1. The van der Waals surface area contributed by atoms with Crippen LogP contribution in [-0.2, 0) is 0 Å². The third-order valence-corrected chi connectivity index (χ3v) is 3.63. The molecular weight excluding hydrogens is 298 g/mol. The van der Waals surface area contributed by atoms with Gasteiger partial charge < -0.3 is 9.72 Å². The van der Waals surface area contributed by atoms with E-state index in [1.165, 1.54) is 11.8 Å². The van der Waals surface area contributed by atoms with Crippen molar-refractivity contribution in [2.75, 3.05) is 12.9 Å². The van der Waals surface area contributed by atoms with Crippen molar-refractivity contribution in [3.05, 3.63) is 39.7 Å². The zero-order chi connectivity index (χ0) is 16.1. The summed E-state index contributed by atoms with van der Waals surface area (Å²) in [6.45, 7) is 4.53. The number of ether oxygens (including phenoxy) is 1. The molecule has 0 unspecified atom stereocenters. The molecule has 1 N–H and O–H groups in total. The third kappa shape index (κ3) is 3.31. The molecule has 1 aromatic carbocycles. The molecule has 0 amide bonds. The zero-order valence-electron chi connectivity index (χ0n) is 12.8. The summed E-state index contributed by atoms with van der Waals surface area (Å²) in [6, 6.07) is 7.62. The van der Waals surface area contributed by atoms with E-state index in [4.69, 9.17) is 4.74 Å². The molecule has 0 atom stereocenters. The van der Waals surface area contributed by atoms with Crippen molar-refractivity contribution < 1.29 is 4.74 Å². The average Bonchev–Trinajstić information content (AvgIpc) is 2.52. The molecule has 0 bridgehead atoms. The van der Waals surface area contributed by atoms with E-state index in [2.05, 4.69) is 9.97 Å². The summed E-state index contributed by atoms with van der Waals surface area (Å²) < 4.78 is 5.74. The van der Waals surface area contributed by atoms with Gasteiger partial charge in [-0.05, 0) is 31.7 Å². The van der Waals surface area contributed by atoms with Crippen molar-refractivity contribution >= 4 is 11.8 Å². The molecule has 0 spiro atoms. The first-order valence-electron chi connectivity index (χ1n) is 6.93. The van der Waals surface area contributed by atoms with Gasteiger partial charge in [0.05, 0.1) is 6.61 Å². The summed E-state index contributed by atoms with van der Waals surface area (Å²) >= 11 is 1.32. The van der Waals surface area contributed by atoms with E-state index in [0.717, 1.165) is 12.0 Å². The van der Waals surface area contributed by atoms with Crippen molar-refractivity contribution in [2.45, 2.75) is 25.4 Å². The number of thioether (sulfide) groups is 1. The Bertz CT molecular complexity index is 778. The smallest absolute Gasteiger partial charge is 0.270 e. The molecule has 1 aromatic heterocycles. The lowest BCUT2D eigenvalue weighted by Crippen LogP contribution is -2.15. The van der Waals surface area contributed by atoms with Crippen LogP contribution in [0.1, 0.15) is 24.5 Å². The summed E-state index contributed by atoms with van der Waals surface area (Å²) in [7, 11) is 0. The number of hydrogen-bond acceptors (Lipinski definition) is 5. The van der Waals surface area contributed by atoms with Crippen LogP contribution < -0.4 is 10.3 Å². The SMILES string of the molecule is CCCOc1ccc(C)cc1-c1nc(SC)[nH]c(=O)c1C#N. The normalized spacial score (nSPS) is 10.3. The van der Waals surface area contributed by atoms with E-state index >= 15 is 0 Å². The number of aromatic nitrogens is 2. The van der Waals surface area contributed by atoms with Crippen molar-refractivity contribution in [3.63, 3.8) is 0 Å². The molecular formula is C16H17N3O2S. The molecule has 2 rings (SSSR count). The zero-order valence-corrected chi connectivity index (χ0v) is 13.6. The molecule has 0 saturated heterocycles. The molecule has 0 aliphatic rings. The highest BCUT2D eigenvalue weighted by Gasteiger charge is 2.17. The highest BCUT2D eigenvalue weighted by atomic mass is 32.2. The number of aryl methyl sites for hydroxylation is 1. The van der Waals surface area contributed by atoms with Crippen LogP contribution in [0.25, 0.3) is 11.3 Å². The van der Waals surface area contributed by atoms with E-state index in [1.807, 2.05) is 44.4 Å². The molecule has 5 nitrogen and oxygen atoms in total. The van der Waals surface area contributed by atoms with Crippen molar-refractivity contribution in [1.82, 2.24) is 9.97 Å². The quantitative estimate of drug-likeness (QED) is 0.677. The van der Waals surface area contributed by atoms with Gasteiger partial charge in [0, 0.05) is 5.56 Å². The van der Waals surface area contributed by atoms with Gasteiger partial charge in [-0.25, -0.2) is 4.98 Å². The number of rotatable bonds is 5. The Morgan fingerprint density at radius 1 is 1.45 bits per heavy atom. The molecule has 0 fully saturated rings. The van der Waals surface area contributed by atoms with E-state index in [9.17, 15) is 10.1 Å². The molecule has 1 heterocycles. The summed E-state index contributed by atoms with van der Waals surface area (Å²) in [6.07, 6.45) is 2.69. The number of nitrogens with zero attached hydrogens (tertiary/aromatic N) is 2. The summed E-state index contributed by atoms with van der Waals surface area (Å²) in [4.78, 5) is 19.1. The van der Waals surface area contributed by atoms with Gasteiger partial charge >= 0.3 is 0 Å².